The number of nitrogens with two attached hydrogens (primary N) is 1. The molecule has 0 unspecified atom stereocenters. The van der Waals surface area contributed by atoms with E-state index in [1.165, 1.54) is 11.8 Å². The Morgan fingerprint density at radius 1 is 1.00 bits per heavy atom. The Morgan fingerprint density at radius 2 is 1.81 bits per heavy atom. The molecule has 0 aliphatic rings. The fraction of sp³-hybridized carbons (Fsp3) is 0.118. The lowest BCUT2D eigenvalue weighted by atomic mass is 10.3. The molecule has 4 aromatic rings. The second-order valence-corrected chi connectivity index (χ2v) is 6.85. The van der Waals surface area contributed by atoms with E-state index in [2.05, 4.69) is 30.5 Å². The molecule has 3 N–H and O–H groups in total. The summed E-state index contributed by atoms with van der Waals surface area (Å²) >= 11 is 1.51. The van der Waals surface area contributed by atoms with Gasteiger partial charge in [-0.25, -0.2) is 0 Å². The standard InChI is InChI=1S/C17H16N8S/c1-11(26-17-24-23-13-9-5-6-10-25(13)17)14-20-15(18)22-16(21-14)19-12-7-3-2-4-8-12/h2-11H,1H3,(H3,18,19,20,21,22)/t11-/m0/s1. The van der Waals surface area contributed by atoms with Crippen LogP contribution in [0.25, 0.3) is 5.65 Å². The van der Waals surface area contributed by atoms with Crippen molar-refractivity contribution < 1.29 is 0 Å². The molecule has 0 spiro atoms. The zero-order valence-corrected chi connectivity index (χ0v) is 14.8. The lowest BCUT2D eigenvalue weighted by molar-refractivity contribution is 0.871. The second kappa shape index (κ2) is 6.96. The van der Waals surface area contributed by atoms with E-state index in [0.29, 0.717) is 11.8 Å². The van der Waals surface area contributed by atoms with Crippen LogP contribution in [0.3, 0.4) is 0 Å². The smallest absolute Gasteiger partial charge is 0.232 e. The van der Waals surface area contributed by atoms with Crippen molar-refractivity contribution in [3.63, 3.8) is 0 Å². The van der Waals surface area contributed by atoms with Gasteiger partial charge in [-0.1, -0.05) is 36.0 Å². The molecule has 1 atom stereocenters. The van der Waals surface area contributed by atoms with E-state index in [1.54, 1.807) is 0 Å². The first-order chi connectivity index (χ1) is 12.7. The van der Waals surface area contributed by atoms with Crippen LogP contribution >= 0.6 is 11.8 Å². The Balaban J connectivity index is 1.58. The fourth-order valence-corrected chi connectivity index (χ4v) is 3.29. The Kier molecular flexibility index (Phi) is 4.36. The maximum absolute atomic E-state index is 5.87. The van der Waals surface area contributed by atoms with E-state index in [9.17, 15) is 0 Å². The number of nitrogens with zero attached hydrogens (tertiary/aromatic N) is 6. The molecule has 0 bridgehead atoms. The van der Waals surface area contributed by atoms with Gasteiger partial charge in [0.2, 0.25) is 11.9 Å². The number of nitrogens with one attached hydrogen (secondary N) is 1. The van der Waals surface area contributed by atoms with E-state index >= 15 is 0 Å². The van der Waals surface area contributed by atoms with Gasteiger partial charge >= 0.3 is 0 Å². The first-order valence-electron chi connectivity index (χ1n) is 7.99. The van der Waals surface area contributed by atoms with Gasteiger partial charge < -0.3 is 11.1 Å². The monoisotopic (exact) mass is 364 g/mol. The zero-order valence-electron chi connectivity index (χ0n) is 13.9. The van der Waals surface area contributed by atoms with Crippen molar-refractivity contribution in [2.75, 3.05) is 11.1 Å². The van der Waals surface area contributed by atoms with Crippen molar-refractivity contribution in [3.8, 4) is 0 Å². The van der Waals surface area contributed by atoms with Crippen LogP contribution in [0.15, 0.2) is 59.9 Å². The molecule has 1 aromatic carbocycles. The van der Waals surface area contributed by atoms with Crippen LogP contribution in [0, 0.1) is 0 Å². The van der Waals surface area contributed by atoms with Crippen molar-refractivity contribution in [1.82, 2.24) is 29.5 Å². The van der Waals surface area contributed by atoms with E-state index in [1.807, 2.05) is 66.1 Å². The summed E-state index contributed by atoms with van der Waals surface area (Å²) in [5, 5.41) is 12.2. The number of nitrogen functional groups attached to an aromatic ring is 1. The molecule has 0 amide bonds. The summed E-state index contributed by atoms with van der Waals surface area (Å²) in [4.78, 5) is 12.9. The number of hydrogen-bond acceptors (Lipinski definition) is 8. The number of benzene rings is 1. The third-order valence-corrected chi connectivity index (χ3v) is 4.68. The molecule has 0 aliphatic carbocycles. The highest BCUT2D eigenvalue weighted by Crippen LogP contribution is 2.32. The topological polar surface area (TPSA) is 107 Å². The Hall–Kier alpha value is -3.20. The van der Waals surface area contributed by atoms with Crippen molar-refractivity contribution in [1.29, 1.82) is 0 Å². The molecule has 3 heterocycles. The number of thioether (sulfide) groups is 1. The minimum Gasteiger partial charge on any atom is -0.368 e. The van der Waals surface area contributed by atoms with Gasteiger partial charge in [-0.2, -0.15) is 15.0 Å². The summed E-state index contributed by atoms with van der Waals surface area (Å²) in [6.45, 7) is 2.00. The molecule has 0 saturated carbocycles. The zero-order chi connectivity index (χ0) is 17.9. The number of aromatic nitrogens is 6. The van der Waals surface area contributed by atoms with Crippen molar-refractivity contribution in [2.24, 2.45) is 0 Å². The number of anilines is 3. The van der Waals surface area contributed by atoms with Crippen LogP contribution in [-0.2, 0) is 0 Å². The lowest BCUT2D eigenvalue weighted by Gasteiger charge is -2.11. The minimum absolute atomic E-state index is 0.0794. The van der Waals surface area contributed by atoms with Gasteiger partial charge in [0, 0.05) is 11.9 Å². The average Bonchev–Trinajstić information content (AvgIpc) is 3.05. The summed E-state index contributed by atoms with van der Waals surface area (Å²) in [6, 6.07) is 15.4. The molecular formula is C17H16N8S. The van der Waals surface area contributed by atoms with Crippen LogP contribution in [0.1, 0.15) is 18.0 Å². The van der Waals surface area contributed by atoms with Gasteiger partial charge in [0.15, 0.2) is 10.8 Å². The van der Waals surface area contributed by atoms with Gasteiger partial charge in [0.1, 0.15) is 5.82 Å². The largest absolute Gasteiger partial charge is 0.368 e. The highest BCUT2D eigenvalue weighted by molar-refractivity contribution is 7.99. The Labute approximate surface area is 153 Å². The van der Waals surface area contributed by atoms with Gasteiger partial charge in [-0.3, -0.25) is 4.40 Å². The van der Waals surface area contributed by atoms with Crippen LogP contribution in [0.2, 0.25) is 0 Å². The van der Waals surface area contributed by atoms with Crippen LogP contribution < -0.4 is 11.1 Å². The quantitative estimate of drug-likeness (QED) is 0.520. The fourth-order valence-electron chi connectivity index (χ4n) is 2.41. The third kappa shape index (κ3) is 3.42. The summed E-state index contributed by atoms with van der Waals surface area (Å²) in [5.74, 6) is 1.16. The summed E-state index contributed by atoms with van der Waals surface area (Å²) in [6.07, 6.45) is 1.93. The second-order valence-electron chi connectivity index (χ2n) is 5.54. The molecule has 0 fully saturated rings. The molecule has 26 heavy (non-hydrogen) atoms. The van der Waals surface area contributed by atoms with Crippen molar-refractivity contribution >= 4 is 35.0 Å². The Bertz CT molecular complexity index is 1030. The van der Waals surface area contributed by atoms with Crippen molar-refractivity contribution in [2.45, 2.75) is 17.3 Å². The van der Waals surface area contributed by atoms with E-state index in [-0.39, 0.29) is 11.2 Å². The molecule has 130 valence electrons. The first kappa shape index (κ1) is 16.3. The summed E-state index contributed by atoms with van der Waals surface area (Å²) in [7, 11) is 0. The van der Waals surface area contributed by atoms with Gasteiger partial charge in [-0.05, 0) is 31.2 Å². The minimum atomic E-state index is -0.0794. The maximum atomic E-state index is 5.87. The lowest BCUT2D eigenvalue weighted by Crippen LogP contribution is -2.08. The highest BCUT2D eigenvalue weighted by Gasteiger charge is 2.17. The SMILES string of the molecule is C[C@H](Sc1nnc2ccccn12)c1nc(N)nc(Nc2ccccc2)n1. The Morgan fingerprint density at radius 3 is 2.65 bits per heavy atom. The molecule has 4 rings (SSSR count). The molecule has 0 radical (unpaired) electrons. The number of para-hydroxylation sites is 1. The predicted molar refractivity (Wildman–Crippen MR) is 101 cm³/mol. The third-order valence-electron chi connectivity index (χ3n) is 3.63. The van der Waals surface area contributed by atoms with E-state index in [0.717, 1.165) is 16.5 Å². The maximum Gasteiger partial charge on any atom is 0.232 e. The predicted octanol–water partition coefficient (Wildman–Crippen LogP) is 3.09. The average molecular weight is 364 g/mol. The van der Waals surface area contributed by atoms with Crippen LogP contribution in [-0.4, -0.2) is 29.5 Å². The van der Waals surface area contributed by atoms with E-state index < -0.39 is 0 Å². The molecule has 0 aliphatic heterocycles. The number of pyridine rings is 1. The number of rotatable bonds is 5. The van der Waals surface area contributed by atoms with Gasteiger partial charge in [0.25, 0.3) is 0 Å². The first-order valence-corrected chi connectivity index (χ1v) is 8.87. The van der Waals surface area contributed by atoms with E-state index in [4.69, 9.17) is 5.73 Å². The number of fused-ring (bicyclic) bond motifs is 1. The van der Waals surface area contributed by atoms with Crippen LogP contribution in [0.4, 0.5) is 17.6 Å². The summed E-state index contributed by atoms with van der Waals surface area (Å²) in [5.41, 5.74) is 7.55. The summed E-state index contributed by atoms with van der Waals surface area (Å²) < 4.78 is 1.93. The normalized spacial score (nSPS) is 12.2. The number of hydrogen-bond donors (Lipinski definition) is 2. The van der Waals surface area contributed by atoms with Gasteiger partial charge in [-0.15, -0.1) is 10.2 Å². The van der Waals surface area contributed by atoms with Crippen LogP contribution in [0.5, 0.6) is 0 Å². The van der Waals surface area contributed by atoms with Crippen molar-refractivity contribution in [3.05, 3.63) is 60.6 Å². The highest BCUT2D eigenvalue weighted by atomic mass is 32.2. The molecular weight excluding hydrogens is 348 g/mol. The molecule has 3 aromatic heterocycles. The van der Waals surface area contributed by atoms with Gasteiger partial charge in [0.05, 0.1) is 5.25 Å². The molecule has 9 heteroatoms. The molecule has 8 nitrogen and oxygen atoms in total. The molecule has 0 saturated heterocycles.